The van der Waals surface area contributed by atoms with E-state index in [2.05, 4.69) is 5.32 Å². The van der Waals surface area contributed by atoms with Crippen LogP contribution < -0.4 is 10.1 Å². The quantitative estimate of drug-likeness (QED) is 0.791. The number of carboxylic acids is 1. The summed E-state index contributed by atoms with van der Waals surface area (Å²) in [5.41, 5.74) is 2.56. The van der Waals surface area contributed by atoms with Gasteiger partial charge in [0, 0.05) is 6.42 Å². The van der Waals surface area contributed by atoms with Crippen LogP contribution in [0.3, 0.4) is 0 Å². The summed E-state index contributed by atoms with van der Waals surface area (Å²) < 4.78 is 5.05. The molecule has 1 amide bonds. The maximum Gasteiger partial charge on any atom is 0.330 e. The molecule has 0 radical (unpaired) electrons. The Bertz CT molecular complexity index is 776. The highest BCUT2D eigenvalue weighted by atomic mass is 35.5. The smallest absolute Gasteiger partial charge is 0.330 e. The number of carbonyl (C=O) groups excluding carboxylic acids is 1. The molecule has 0 spiro atoms. The first-order valence-electron chi connectivity index (χ1n) is 7.82. The number of rotatable bonds is 7. The number of methoxy groups -OCH3 is 1. The Labute approximate surface area is 151 Å². The normalized spacial score (nSPS) is 11.6. The predicted octanol–water partition coefficient (Wildman–Crippen LogP) is 3.53. The summed E-state index contributed by atoms with van der Waals surface area (Å²) in [5, 5.41) is 12.3. The maximum atomic E-state index is 12.2. The first-order chi connectivity index (χ1) is 11.9. The molecule has 0 aliphatic carbocycles. The Hall–Kier alpha value is -2.53. The lowest BCUT2D eigenvalue weighted by atomic mass is 10.0. The molecule has 0 fully saturated rings. The Balaban J connectivity index is 2.06. The number of ether oxygens (including phenoxy) is 1. The van der Waals surface area contributed by atoms with E-state index < -0.39 is 12.0 Å². The molecule has 0 saturated carbocycles. The zero-order valence-electron chi connectivity index (χ0n) is 14.1. The van der Waals surface area contributed by atoms with E-state index in [1.165, 1.54) is 13.2 Å². The van der Waals surface area contributed by atoms with Crippen LogP contribution in [0.4, 0.5) is 0 Å². The molecule has 0 heterocycles. The molecule has 25 heavy (non-hydrogen) atoms. The van der Waals surface area contributed by atoms with Crippen LogP contribution in [-0.4, -0.2) is 24.1 Å². The van der Waals surface area contributed by atoms with Crippen LogP contribution in [0.15, 0.2) is 42.5 Å². The SMILES string of the molecule is COc1ccc(C(NC(=O)CCc2ccccc2C)C(=O)O)cc1Cl. The third kappa shape index (κ3) is 4.97. The highest BCUT2D eigenvalue weighted by Crippen LogP contribution is 2.27. The Morgan fingerprint density at radius 2 is 1.96 bits per heavy atom. The van der Waals surface area contributed by atoms with E-state index in [1.54, 1.807) is 12.1 Å². The van der Waals surface area contributed by atoms with Crippen molar-refractivity contribution in [1.82, 2.24) is 5.32 Å². The summed E-state index contributed by atoms with van der Waals surface area (Å²) >= 11 is 6.04. The molecule has 2 rings (SSSR count). The van der Waals surface area contributed by atoms with Crippen molar-refractivity contribution >= 4 is 23.5 Å². The van der Waals surface area contributed by atoms with Crippen molar-refractivity contribution in [2.45, 2.75) is 25.8 Å². The molecular formula is C19H20ClNO4. The summed E-state index contributed by atoms with van der Waals surface area (Å²) in [6.07, 6.45) is 0.757. The summed E-state index contributed by atoms with van der Waals surface area (Å²) in [6.45, 7) is 1.98. The van der Waals surface area contributed by atoms with Crippen LogP contribution in [0.25, 0.3) is 0 Å². The van der Waals surface area contributed by atoms with E-state index in [9.17, 15) is 14.7 Å². The molecule has 1 atom stereocenters. The minimum atomic E-state index is -1.16. The molecule has 132 valence electrons. The van der Waals surface area contributed by atoms with Crippen molar-refractivity contribution in [2.75, 3.05) is 7.11 Å². The molecule has 2 aromatic carbocycles. The number of hydrogen-bond donors (Lipinski definition) is 2. The minimum Gasteiger partial charge on any atom is -0.495 e. The van der Waals surface area contributed by atoms with Crippen molar-refractivity contribution in [3.63, 3.8) is 0 Å². The van der Waals surface area contributed by atoms with Gasteiger partial charge in [-0.15, -0.1) is 0 Å². The van der Waals surface area contributed by atoms with Gasteiger partial charge >= 0.3 is 5.97 Å². The predicted molar refractivity (Wildman–Crippen MR) is 96.0 cm³/mol. The number of halogens is 1. The van der Waals surface area contributed by atoms with Crippen LogP contribution in [0.2, 0.25) is 5.02 Å². The van der Waals surface area contributed by atoms with E-state index in [4.69, 9.17) is 16.3 Å². The van der Waals surface area contributed by atoms with E-state index in [1.807, 2.05) is 31.2 Å². The third-order valence-electron chi connectivity index (χ3n) is 3.94. The number of hydrogen-bond acceptors (Lipinski definition) is 3. The van der Waals surface area contributed by atoms with Gasteiger partial charge in [0.15, 0.2) is 6.04 Å². The van der Waals surface area contributed by atoms with Gasteiger partial charge in [-0.3, -0.25) is 4.79 Å². The minimum absolute atomic E-state index is 0.207. The second kappa shape index (κ2) is 8.53. The number of aliphatic carboxylic acids is 1. The zero-order valence-corrected chi connectivity index (χ0v) is 14.8. The highest BCUT2D eigenvalue weighted by molar-refractivity contribution is 6.32. The molecule has 0 aliphatic rings. The number of benzene rings is 2. The molecule has 2 aromatic rings. The van der Waals surface area contributed by atoms with Gasteiger partial charge in [-0.2, -0.15) is 0 Å². The number of carbonyl (C=O) groups is 2. The topological polar surface area (TPSA) is 75.6 Å². The third-order valence-corrected chi connectivity index (χ3v) is 4.24. The van der Waals surface area contributed by atoms with Gasteiger partial charge in [-0.25, -0.2) is 4.79 Å². The second-order valence-corrected chi connectivity index (χ2v) is 6.07. The van der Waals surface area contributed by atoms with Crippen molar-refractivity contribution in [1.29, 1.82) is 0 Å². The molecule has 2 N–H and O–H groups in total. The number of amides is 1. The van der Waals surface area contributed by atoms with E-state index in [0.29, 0.717) is 22.8 Å². The fourth-order valence-electron chi connectivity index (χ4n) is 2.52. The highest BCUT2D eigenvalue weighted by Gasteiger charge is 2.23. The maximum absolute atomic E-state index is 12.2. The summed E-state index contributed by atoms with van der Waals surface area (Å²) in [5.74, 6) is -1.03. The number of carboxylic acid groups (broad SMARTS) is 1. The van der Waals surface area contributed by atoms with Gasteiger partial charge in [-0.1, -0.05) is 41.9 Å². The molecule has 0 aliphatic heterocycles. The Morgan fingerprint density at radius 1 is 1.24 bits per heavy atom. The van der Waals surface area contributed by atoms with Gasteiger partial charge < -0.3 is 15.2 Å². The molecule has 5 nitrogen and oxygen atoms in total. The van der Waals surface area contributed by atoms with E-state index in [-0.39, 0.29) is 12.3 Å². The molecule has 0 saturated heterocycles. The standard InChI is InChI=1S/C19H20ClNO4/c1-12-5-3-4-6-13(12)8-10-17(22)21-18(19(23)24)14-7-9-16(25-2)15(20)11-14/h3-7,9,11,18H,8,10H2,1-2H3,(H,21,22)(H,23,24). The summed E-state index contributed by atoms with van der Waals surface area (Å²) in [4.78, 5) is 23.7. The fourth-order valence-corrected chi connectivity index (χ4v) is 2.79. The van der Waals surface area contributed by atoms with Crippen LogP contribution in [0.5, 0.6) is 5.75 Å². The lowest BCUT2D eigenvalue weighted by Crippen LogP contribution is -2.33. The van der Waals surface area contributed by atoms with Crippen LogP contribution in [-0.2, 0) is 16.0 Å². The lowest BCUT2D eigenvalue weighted by Gasteiger charge is -2.16. The van der Waals surface area contributed by atoms with Crippen molar-refractivity contribution in [3.05, 3.63) is 64.2 Å². The summed E-state index contributed by atoms with van der Waals surface area (Å²) in [7, 11) is 1.48. The largest absolute Gasteiger partial charge is 0.495 e. The average molecular weight is 362 g/mol. The average Bonchev–Trinajstić information content (AvgIpc) is 2.58. The monoisotopic (exact) mass is 361 g/mol. The molecule has 0 bridgehead atoms. The second-order valence-electron chi connectivity index (χ2n) is 5.66. The number of aryl methyl sites for hydroxylation is 2. The van der Waals surface area contributed by atoms with Crippen LogP contribution in [0.1, 0.15) is 29.2 Å². The Kier molecular flexibility index (Phi) is 6.42. The zero-order chi connectivity index (χ0) is 18.4. The first kappa shape index (κ1) is 18.8. The van der Waals surface area contributed by atoms with Gasteiger partial charge in [0.1, 0.15) is 5.75 Å². The van der Waals surface area contributed by atoms with Gasteiger partial charge in [-0.05, 0) is 42.2 Å². The number of nitrogens with one attached hydrogen (secondary N) is 1. The van der Waals surface area contributed by atoms with Crippen molar-refractivity contribution < 1.29 is 19.4 Å². The van der Waals surface area contributed by atoms with Gasteiger partial charge in [0.05, 0.1) is 12.1 Å². The van der Waals surface area contributed by atoms with Crippen LogP contribution >= 0.6 is 11.6 Å². The van der Waals surface area contributed by atoms with Crippen molar-refractivity contribution in [3.8, 4) is 5.75 Å². The lowest BCUT2D eigenvalue weighted by molar-refractivity contribution is -0.142. The van der Waals surface area contributed by atoms with E-state index in [0.717, 1.165) is 11.1 Å². The van der Waals surface area contributed by atoms with E-state index >= 15 is 0 Å². The van der Waals surface area contributed by atoms with Crippen LogP contribution in [0, 0.1) is 6.92 Å². The van der Waals surface area contributed by atoms with Crippen molar-refractivity contribution in [2.24, 2.45) is 0 Å². The first-order valence-corrected chi connectivity index (χ1v) is 8.20. The Morgan fingerprint density at radius 3 is 2.56 bits per heavy atom. The molecule has 0 aromatic heterocycles. The molecule has 6 heteroatoms. The van der Waals surface area contributed by atoms with Gasteiger partial charge in [0.2, 0.25) is 5.91 Å². The molecule has 1 unspecified atom stereocenters. The van der Waals surface area contributed by atoms with Gasteiger partial charge in [0.25, 0.3) is 0 Å². The summed E-state index contributed by atoms with van der Waals surface area (Å²) in [6, 6.07) is 11.3. The molecular weight excluding hydrogens is 342 g/mol. The fraction of sp³-hybridized carbons (Fsp3) is 0.263.